The van der Waals surface area contributed by atoms with Gasteiger partial charge >= 0.3 is 0 Å². The molecule has 0 amide bonds. The van der Waals surface area contributed by atoms with E-state index in [1.165, 1.54) is 0 Å². The predicted octanol–water partition coefficient (Wildman–Crippen LogP) is 4.07. The number of ether oxygens (including phenoxy) is 2. The van der Waals surface area contributed by atoms with Crippen molar-refractivity contribution in [2.24, 2.45) is 0 Å². The van der Waals surface area contributed by atoms with Crippen LogP contribution in [0.3, 0.4) is 0 Å². The molecule has 1 aliphatic rings. The van der Waals surface area contributed by atoms with Gasteiger partial charge in [0.1, 0.15) is 5.75 Å². The quantitative estimate of drug-likeness (QED) is 0.458. The molecule has 2 heterocycles. The Morgan fingerprint density at radius 3 is 2.74 bits per heavy atom. The summed E-state index contributed by atoms with van der Waals surface area (Å²) in [5.74, 6) is 0.720. The second-order valence-corrected chi connectivity index (χ2v) is 9.34. The number of fused-ring (bicyclic) bond motifs is 1. The van der Waals surface area contributed by atoms with Crippen LogP contribution in [-0.2, 0) is 11.3 Å². The van der Waals surface area contributed by atoms with Gasteiger partial charge in [0.05, 0.1) is 38.1 Å². The van der Waals surface area contributed by atoms with Crippen molar-refractivity contribution >= 4 is 33.9 Å². The molecule has 7 nitrogen and oxygen atoms in total. The zero-order valence-corrected chi connectivity index (χ0v) is 21.5. The lowest BCUT2D eigenvalue weighted by atomic mass is 10.0. The fraction of sp³-hybridized carbons (Fsp3) is 0.407. The third kappa shape index (κ3) is 6.20. The van der Waals surface area contributed by atoms with Crippen LogP contribution in [0.25, 0.3) is 10.9 Å². The molecule has 1 fully saturated rings. The number of anilines is 1. The molecule has 186 valence electrons. The van der Waals surface area contributed by atoms with E-state index >= 15 is 0 Å². The fourth-order valence-corrected chi connectivity index (χ4v) is 4.66. The highest BCUT2D eigenvalue weighted by atomic mass is 32.1. The first-order valence-electron chi connectivity index (χ1n) is 12.1. The minimum absolute atomic E-state index is 0.0792. The Morgan fingerprint density at radius 1 is 1.20 bits per heavy atom. The summed E-state index contributed by atoms with van der Waals surface area (Å²) in [5.41, 5.74) is 4.57. The summed E-state index contributed by atoms with van der Waals surface area (Å²) in [5, 5.41) is 4.92. The van der Waals surface area contributed by atoms with Gasteiger partial charge in [-0.25, -0.2) is 0 Å². The van der Waals surface area contributed by atoms with Crippen LogP contribution in [0.4, 0.5) is 5.69 Å². The standard InChI is InChI=1S/C27H34N4O3S/c1-19-9-10-21-17-22(26(32)29-25(21)20(19)2)18-31(12-6-11-30-13-15-34-16-14-30)27(35)28-23-7-4-5-8-24(23)33-3/h4-5,7-10,17H,6,11-16,18H2,1-3H3,(H,28,35)(H,29,32). The molecule has 3 aromatic rings. The molecule has 0 atom stereocenters. The molecule has 0 spiro atoms. The van der Waals surface area contributed by atoms with E-state index in [2.05, 4.69) is 39.2 Å². The number of aromatic amines is 1. The number of nitrogens with zero attached hydrogens (tertiary/aromatic N) is 2. The van der Waals surface area contributed by atoms with Crippen LogP contribution in [0, 0.1) is 13.8 Å². The Morgan fingerprint density at radius 2 is 1.97 bits per heavy atom. The van der Waals surface area contributed by atoms with Gasteiger partial charge in [-0.05, 0) is 67.2 Å². The van der Waals surface area contributed by atoms with Crippen LogP contribution >= 0.6 is 12.2 Å². The molecule has 2 aromatic carbocycles. The lowest BCUT2D eigenvalue weighted by Crippen LogP contribution is -2.40. The second-order valence-electron chi connectivity index (χ2n) is 8.95. The zero-order chi connectivity index (χ0) is 24.8. The number of rotatable bonds is 8. The highest BCUT2D eigenvalue weighted by molar-refractivity contribution is 7.80. The lowest BCUT2D eigenvalue weighted by molar-refractivity contribution is 0.0367. The fourth-order valence-electron chi connectivity index (χ4n) is 4.40. The maximum Gasteiger partial charge on any atom is 0.253 e. The molecule has 0 unspecified atom stereocenters. The number of benzene rings is 2. The van der Waals surface area contributed by atoms with E-state index in [9.17, 15) is 4.79 Å². The molecule has 0 aliphatic carbocycles. The largest absolute Gasteiger partial charge is 0.495 e. The Hall–Kier alpha value is -2.94. The minimum Gasteiger partial charge on any atom is -0.495 e. The normalized spacial score (nSPS) is 14.1. The predicted molar refractivity (Wildman–Crippen MR) is 146 cm³/mol. The average molecular weight is 495 g/mol. The molecule has 35 heavy (non-hydrogen) atoms. The second kappa shape index (κ2) is 11.7. The van der Waals surface area contributed by atoms with Crippen molar-refractivity contribution in [2.45, 2.75) is 26.8 Å². The smallest absolute Gasteiger partial charge is 0.253 e. The van der Waals surface area contributed by atoms with Crippen molar-refractivity contribution in [1.29, 1.82) is 0 Å². The van der Waals surface area contributed by atoms with Crippen LogP contribution < -0.4 is 15.6 Å². The number of aryl methyl sites for hydroxylation is 2. The van der Waals surface area contributed by atoms with Crippen LogP contribution in [0.1, 0.15) is 23.1 Å². The molecule has 0 saturated carbocycles. The van der Waals surface area contributed by atoms with Gasteiger partial charge < -0.3 is 24.7 Å². The first-order chi connectivity index (χ1) is 17.0. The highest BCUT2D eigenvalue weighted by Crippen LogP contribution is 2.24. The Bertz CT molecular complexity index is 1240. The maximum atomic E-state index is 13.0. The summed E-state index contributed by atoms with van der Waals surface area (Å²) in [7, 11) is 1.64. The molecule has 1 aromatic heterocycles. The molecule has 1 saturated heterocycles. The van der Waals surface area contributed by atoms with E-state index < -0.39 is 0 Å². The number of aromatic nitrogens is 1. The van der Waals surface area contributed by atoms with Gasteiger partial charge in [0.2, 0.25) is 0 Å². The van der Waals surface area contributed by atoms with Gasteiger partial charge in [-0.15, -0.1) is 0 Å². The molecule has 0 radical (unpaired) electrons. The summed E-state index contributed by atoms with van der Waals surface area (Å²) in [6.07, 6.45) is 0.928. The Labute approximate surface area is 212 Å². The summed E-state index contributed by atoms with van der Waals surface area (Å²) >= 11 is 5.82. The SMILES string of the molecule is COc1ccccc1NC(=S)N(CCCN1CCOCC1)Cc1cc2ccc(C)c(C)c2[nH]c1=O. The lowest BCUT2D eigenvalue weighted by Gasteiger charge is -2.29. The third-order valence-electron chi connectivity index (χ3n) is 6.63. The number of morpholine rings is 1. The van der Waals surface area contributed by atoms with Crippen LogP contribution in [0.15, 0.2) is 47.3 Å². The molecular weight excluding hydrogens is 460 g/mol. The van der Waals surface area contributed by atoms with E-state index in [4.69, 9.17) is 21.7 Å². The third-order valence-corrected chi connectivity index (χ3v) is 6.99. The topological polar surface area (TPSA) is 69.8 Å². The number of hydrogen-bond acceptors (Lipinski definition) is 5. The van der Waals surface area contributed by atoms with Crippen molar-refractivity contribution < 1.29 is 9.47 Å². The highest BCUT2D eigenvalue weighted by Gasteiger charge is 2.17. The minimum atomic E-state index is -0.0792. The van der Waals surface area contributed by atoms with Gasteiger partial charge in [0.25, 0.3) is 5.56 Å². The molecule has 4 rings (SSSR count). The number of para-hydroxylation sites is 2. The number of hydrogen-bond donors (Lipinski definition) is 2. The van der Waals surface area contributed by atoms with Crippen molar-refractivity contribution in [3.05, 3.63) is 69.5 Å². The van der Waals surface area contributed by atoms with E-state index in [1.807, 2.05) is 37.3 Å². The summed E-state index contributed by atoms with van der Waals surface area (Å²) in [6.45, 7) is 9.66. The van der Waals surface area contributed by atoms with Gasteiger partial charge in [0, 0.05) is 31.7 Å². The first-order valence-corrected chi connectivity index (χ1v) is 12.5. The first kappa shape index (κ1) is 25.2. The van der Waals surface area contributed by atoms with Crippen LogP contribution in [0.5, 0.6) is 5.75 Å². The zero-order valence-electron chi connectivity index (χ0n) is 20.7. The van der Waals surface area contributed by atoms with Crippen molar-refractivity contribution in [2.75, 3.05) is 51.8 Å². The number of pyridine rings is 1. The van der Waals surface area contributed by atoms with Crippen molar-refractivity contribution in [1.82, 2.24) is 14.8 Å². The van der Waals surface area contributed by atoms with Gasteiger partial charge in [-0.1, -0.05) is 24.3 Å². The monoisotopic (exact) mass is 494 g/mol. The van der Waals surface area contributed by atoms with Crippen LogP contribution in [-0.4, -0.2) is 66.4 Å². The molecule has 8 heteroatoms. The molecule has 1 aliphatic heterocycles. The number of methoxy groups -OCH3 is 1. The van der Waals surface area contributed by atoms with E-state index in [1.54, 1.807) is 7.11 Å². The van der Waals surface area contributed by atoms with Gasteiger partial charge in [0.15, 0.2) is 5.11 Å². The van der Waals surface area contributed by atoms with Gasteiger partial charge in [-0.3, -0.25) is 9.69 Å². The summed E-state index contributed by atoms with van der Waals surface area (Å²) in [6, 6.07) is 13.8. The Kier molecular flexibility index (Phi) is 8.38. The maximum absolute atomic E-state index is 13.0. The number of nitrogens with one attached hydrogen (secondary N) is 2. The van der Waals surface area contributed by atoms with Crippen molar-refractivity contribution in [3.8, 4) is 5.75 Å². The average Bonchev–Trinajstić information content (AvgIpc) is 2.87. The number of thiocarbonyl (C=S) groups is 1. The number of H-pyrrole nitrogens is 1. The molecule has 0 bridgehead atoms. The summed E-state index contributed by atoms with van der Waals surface area (Å²) < 4.78 is 10.9. The Balaban J connectivity index is 1.55. The van der Waals surface area contributed by atoms with Crippen molar-refractivity contribution in [3.63, 3.8) is 0 Å². The molecular formula is C27H34N4O3S. The van der Waals surface area contributed by atoms with E-state index in [0.29, 0.717) is 17.2 Å². The van der Waals surface area contributed by atoms with E-state index in [-0.39, 0.29) is 5.56 Å². The summed E-state index contributed by atoms with van der Waals surface area (Å²) in [4.78, 5) is 20.6. The van der Waals surface area contributed by atoms with E-state index in [0.717, 1.165) is 79.3 Å². The van der Waals surface area contributed by atoms with Crippen LogP contribution in [0.2, 0.25) is 0 Å². The molecule has 2 N–H and O–H groups in total. The van der Waals surface area contributed by atoms with Gasteiger partial charge in [-0.2, -0.15) is 0 Å².